The molecular weight excluding hydrogens is 583 g/mol. The van der Waals surface area contributed by atoms with Gasteiger partial charge in [-0.3, -0.25) is 14.3 Å². The molecule has 0 aromatic heterocycles. The van der Waals surface area contributed by atoms with Crippen molar-refractivity contribution in [1.82, 2.24) is 10.2 Å². The summed E-state index contributed by atoms with van der Waals surface area (Å²) in [5, 5.41) is 3.16. The van der Waals surface area contributed by atoms with Gasteiger partial charge in [0.1, 0.15) is 12.1 Å². The fourth-order valence-electron chi connectivity index (χ4n) is 5.77. The van der Waals surface area contributed by atoms with Crippen molar-refractivity contribution >= 4 is 25.1 Å². The number of nitrogens with one attached hydrogen (secondary N) is 1. The van der Waals surface area contributed by atoms with Crippen LogP contribution in [0, 0.1) is 0 Å². The molecule has 9 heteroatoms. The highest BCUT2D eigenvalue weighted by Gasteiger charge is 2.52. The van der Waals surface area contributed by atoms with E-state index in [4.69, 9.17) is 9.47 Å². The van der Waals surface area contributed by atoms with Crippen molar-refractivity contribution in [2.24, 2.45) is 0 Å². The first kappa shape index (κ1) is 32.6. The van der Waals surface area contributed by atoms with E-state index in [-0.39, 0.29) is 5.78 Å². The van der Waals surface area contributed by atoms with Gasteiger partial charge in [-0.15, -0.1) is 0 Å². The highest BCUT2D eigenvalue weighted by molar-refractivity contribution is 7.67. The molecule has 0 amide bonds. The summed E-state index contributed by atoms with van der Waals surface area (Å²) < 4.78 is 30.4. The van der Waals surface area contributed by atoms with Crippen LogP contribution in [0.1, 0.15) is 21.7 Å². The summed E-state index contributed by atoms with van der Waals surface area (Å²) in [6.45, 7) is 8.16. The van der Waals surface area contributed by atoms with Gasteiger partial charge >= 0.3 is 0 Å². The third-order valence-electron chi connectivity index (χ3n) is 7.91. The van der Waals surface area contributed by atoms with Gasteiger partial charge in [0, 0.05) is 56.2 Å². The molecule has 1 unspecified atom stereocenters. The van der Waals surface area contributed by atoms with E-state index in [9.17, 15) is 4.79 Å². The van der Waals surface area contributed by atoms with E-state index in [1.165, 1.54) is 0 Å². The van der Waals surface area contributed by atoms with Crippen LogP contribution < -0.4 is 14.7 Å². The zero-order valence-corrected chi connectivity index (χ0v) is 26.6. The maximum absolute atomic E-state index is 15.4. The second-order valence-electron chi connectivity index (χ2n) is 10.8. The van der Waals surface area contributed by atoms with Crippen molar-refractivity contribution in [3.8, 4) is 0 Å². The fraction of sp³-hybridized carbons (Fsp3) is 0.306. The van der Waals surface area contributed by atoms with Gasteiger partial charge in [-0.05, 0) is 29.8 Å². The molecule has 8 nitrogen and oxygen atoms in total. The number of carbonyl (C=O) groups excluding carboxylic acids is 1. The molecule has 4 aromatic rings. The lowest BCUT2D eigenvalue weighted by molar-refractivity contribution is 0.0303. The summed E-state index contributed by atoms with van der Waals surface area (Å²) in [5.74, 6) is -0.236. The summed E-state index contributed by atoms with van der Waals surface area (Å²) >= 11 is 0. The second kappa shape index (κ2) is 17.1. The Balaban J connectivity index is 0.000000234. The molecule has 0 saturated carbocycles. The van der Waals surface area contributed by atoms with Crippen LogP contribution in [0.25, 0.3) is 0 Å². The predicted octanol–water partition coefficient (Wildman–Crippen LogP) is 6.34. The Hall–Kier alpha value is -3.78. The maximum Gasteiger partial charge on any atom is 0.284 e. The first-order valence-electron chi connectivity index (χ1n) is 15.6. The van der Waals surface area contributed by atoms with Crippen LogP contribution in [-0.4, -0.2) is 76.9 Å². The average Bonchev–Trinajstić information content (AvgIpc) is 3.48. The van der Waals surface area contributed by atoms with Crippen LogP contribution in [0.4, 0.5) is 11.4 Å². The normalized spacial score (nSPS) is 18.5. The monoisotopic (exact) mass is 626 g/mol. The Morgan fingerprint density at radius 2 is 1.04 bits per heavy atom. The summed E-state index contributed by atoms with van der Waals surface area (Å²) in [4.78, 5) is 12.4. The lowest BCUT2D eigenvalue weighted by Gasteiger charge is -2.44. The molecule has 0 bridgehead atoms. The van der Waals surface area contributed by atoms with Crippen molar-refractivity contribution in [2.75, 3.05) is 75.0 Å². The van der Waals surface area contributed by atoms with E-state index >= 15 is 4.57 Å². The van der Waals surface area contributed by atoms with Crippen molar-refractivity contribution in [1.29, 1.82) is 0 Å². The molecule has 3 heterocycles. The number of hydrogen-bond donors (Lipinski definition) is 1. The van der Waals surface area contributed by atoms with Gasteiger partial charge in [0.25, 0.3) is 7.44 Å². The van der Waals surface area contributed by atoms with Gasteiger partial charge in [-0.1, -0.05) is 97.1 Å². The number of aldehydes is 1. The number of benzene rings is 4. The van der Waals surface area contributed by atoms with Crippen molar-refractivity contribution in [3.05, 3.63) is 132 Å². The SMILES string of the molecule is C1COCCN1.O=Cc1ccccc1.O=P1(C(c2ccccc2)N2CCOCC2)N(c2ccccc2)CCN1c1ccccc1. The van der Waals surface area contributed by atoms with Gasteiger partial charge in [0.05, 0.1) is 26.4 Å². The number of nitrogens with zero attached hydrogens (tertiary/aromatic N) is 3. The zero-order valence-electron chi connectivity index (χ0n) is 25.7. The van der Waals surface area contributed by atoms with Crippen LogP contribution in [0.5, 0.6) is 0 Å². The topological polar surface area (TPSA) is 74.3 Å². The smallest absolute Gasteiger partial charge is 0.284 e. The molecule has 3 aliphatic rings. The van der Waals surface area contributed by atoms with E-state index < -0.39 is 7.44 Å². The standard InChI is InChI=1S/C25H28N3O2P.C7H6O.C4H9NO/c29-31(25(22-10-4-1-5-11-22)26-18-20-30-21-19-26)27(23-12-6-2-7-13-23)16-17-28(31)24-14-8-3-9-15-24;8-6-7-4-2-1-3-5-7;1-3-6-4-2-5-1/h1-15,25H,16-21H2;1-6H;5H,1-4H2. The minimum Gasteiger partial charge on any atom is -0.379 e. The number of morpholine rings is 2. The van der Waals surface area contributed by atoms with Crippen molar-refractivity contribution in [3.63, 3.8) is 0 Å². The van der Waals surface area contributed by atoms with Crippen LogP contribution in [0.3, 0.4) is 0 Å². The highest BCUT2D eigenvalue weighted by Crippen LogP contribution is 2.69. The molecule has 3 saturated heterocycles. The Morgan fingerprint density at radius 1 is 0.600 bits per heavy atom. The third kappa shape index (κ3) is 8.48. The Kier molecular flexibility index (Phi) is 12.4. The van der Waals surface area contributed by atoms with Crippen LogP contribution in [0.15, 0.2) is 121 Å². The fourth-order valence-corrected chi connectivity index (χ4v) is 9.46. The van der Waals surface area contributed by atoms with Gasteiger partial charge < -0.3 is 24.1 Å². The van der Waals surface area contributed by atoms with Gasteiger partial charge in [-0.25, -0.2) is 0 Å². The van der Waals surface area contributed by atoms with E-state index in [0.717, 1.165) is 81.3 Å². The third-order valence-corrected chi connectivity index (χ3v) is 11.4. The van der Waals surface area contributed by atoms with Gasteiger partial charge in [-0.2, -0.15) is 0 Å². The average molecular weight is 627 g/mol. The van der Waals surface area contributed by atoms with Gasteiger partial charge in [0.15, 0.2) is 0 Å². The maximum atomic E-state index is 15.4. The summed E-state index contributed by atoms with van der Waals surface area (Å²) in [7, 11) is -3.10. The first-order chi connectivity index (χ1) is 22.2. The summed E-state index contributed by atoms with van der Waals surface area (Å²) in [6.07, 6.45) is 0.833. The number of ether oxygens (including phenoxy) is 2. The van der Waals surface area contributed by atoms with E-state index in [2.05, 4.69) is 56.0 Å². The molecule has 3 fully saturated rings. The molecule has 0 radical (unpaired) electrons. The Labute approximate surface area is 267 Å². The molecular formula is C36H43N4O4P. The highest BCUT2D eigenvalue weighted by atomic mass is 31.2. The van der Waals surface area contributed by atoms with E-state index in [1.807, 2.05) is 72.8 Å². The van der Waals surface area contributed by atoms with Crippen molar-refractivity contribution in [2.45, 2.75) is 5.78 Å². The predicted molar refractivity (Wildman–Crippen MR) is 182 cm³/mol. The summed E-state index contributed by atoms with van der Waals surface area (Å²) in [5.41, 5.74) is 3.85. The lowest BCUT2D eigenvalue weighted by atomic mass is 10.2. The van der Waals surface area contributed by atoms with Crippen LogP contribution in [0.2, 0.25) is 0 Å². The summed E-state index contributed by atoms with van der Waals surface area (Å²) in [6, 6.07) is 39.9. The van der Waals surface area contributed by atoms with Crippen molar-refractivity contribution < 1.29 is 18.8 Å². The zero-order chi connectivity index (χ0) is 31.2. The molecule has 3 aliphatic heterocycles. The van der Waals surface area contributed by atoms with Gasteiger partial charge in [0.2, 0.25) is 0 Å². The quantitative estimate of drug-likeness (QED) is 0.196. The number of hydrogen-bond acceptors (Lipinski definition) is 6. The molecule has 1 atom stereocenters. The molecule has 236 valence electrons. The Morgan fingerprint density at radius 3 is 1.44 bits per heavy atom. The number of carbonyl (C=O) groups is 1. The molecule has 4 aromatic carbocycles. The van der Waals surface area contributed by atoms with Crippen LogP contribution in [-0.2, 0) is 14.0 Å². The molecule has 0 spiro atoms. The molecule has 45 heavy (non-hydrogen) atoms. The number of para-hydroxylation sites is 2. The minimum atomic E-state index is -3.10. The number of anilines is 2. The van der Waals surface area contributed by atoms with E-state index in [0.29, 0.717) is 13.2 Å². The lowest BCUT2D eigenvalue weighted by Crippen LogP contribution is -2.42. The first-order valence-corrected chi connectivity index (χ1v) is 17.3. The van der Waals surface area contributed by atoms with Crippen LogP contribution >= 0.6 is 7.44 Å². The number of rotatable bonds is 6. The molecule has 1 N–H and O–H groups in total. The largest absolute Gasteiger partial charge is 0.379 e. The molecule has 0 aliphatic carbocycles. The van der Waals surface area contributed by atoms with E-state index in [1.54, 1.807) is 12.1 Å². The molecule has 7 rings (SSSR count). The second-order valence-corrected chi connectivity index (χ2v) is 13.5. The Bertz CT molecular complexity index is 1390. The minimum absolute atomic E-state index is 0.236.